The second-order valence-electron chi connectivity index (χ2n) is 4.11. The Balaban J connectivity index is 2.49. The molecule has 8 heteroatoms. The van der Waals surface area contributed by atoms with E-state index in [1.807, 2.05) is 11.9 Å². The minimum Gasteiger partial charge on any atom is -0.477 e. The fourth-order valence-corrected chi connectivity index (χ4v) is 1.66. The Morgan fingerprint density at radius 2 is 2.16 bits per heavy atom. The summed E-state index contributed by atoms with van der Waals surface area (Å²) in [6.07, 6.45) is 2.63. The summed E-state index contributed by atoms with van der Waals surface area (Å²) >= 11 is 0. The summed E-state index contributed by atoms with van der Waals surface area (Å²) in [7, 11) is 1.76. The van der Waals surface area contributed by atoms with E-state index >= 15 is 0 Å². The normalized spacial score (nSPS) is 10.6. The molecule has 19 heavy (non-hydrogen) atoms. The topological polar surface area (TPSA) is 110 Å². The Hall–Kier alpha value is -2.64. The fraction of sp³-hybridized carbons (Fsp3) is 0.273. The van der Waals surface area contributed by atoms with E-state index in [1.54, 1.807) is 17.9 Å². The molecular weight excluding hydrogens is 252 g/mol. The van der Waals surface area contributed by atoms with E-state index in [4.69, 9.17) is 5.11 Å². The molecule has 0 radical (unpaired) electrons. The smallest absolute Gasteiger partial charge is 0.342 e. The number of nitrogens with one attached hydrogen (secondary N) is 1. The molecule has 2 aromatic rings. The molecule has 0 saturated carbocycles. The van der Waals surface area contributed by atoms with Gasteiger partial charge in [0, 0.05) is 24.5 Å². The van der Waals surface area contributed by atoms with Crippen LogP contribution in [0.15, 0.2) is 22.0 Å². The van der Waals surface area contributed by atoms with E-state index in [0.717, 1.165) is 22.0 Å². The molecule has 2 heterocycles. The summed E-state index contributed by atoms with van der Waals surface area (Å²) in [5.74, 6) is -1.38. The Labute approximate surface area is 106 Å². The van der Waals surface area contributed by atoms with Gasteiger partial charge in [-0.25, -0.2) is 9.59 Å². The van der Waals surface area contributed by atoms with Gasteiger partial charge >= 0.3 is 11.7 Å². The number of hydrogen-bond acceptors (Lipinski definition) is 4. The number of rotatable bonds is 3. The molecule has 0 fully saturated rings. The molecule has 0 bridgehead atoms. The van der Waals surface area contributed by atoms with Gasteiger partial charge in [0.05, 0.1) is 12.7 Å². The molecule has 8 nitrogen and oxygen atoms in total. The average molecular weight is 264 g/mol. The second-order valence-corrected chi connectivity index (χ2v) is 4.11. The van der Waals surface area contributed by atoms with Gasteiger partial charge in [0.15, 0.2) is 0 Å². The van der Waals surface area contributed by atoms with Crippen molar-refractivity contribution >= 4 is 5.97 Å². The number of carboxylic acids is 1. The maximum absolute atomic E-state index is 11.6. The quantitative estimate of drug-likeness (QED) is 0.763. The van der Waals surface area contributed by atoms with Gasteiger partial charge < -0.3 is 5.11 Å². The third-order valence-electron chi connectivity index (χ3n) is 2.92. The van der Waals surface area contributed by atoms with Crippen molar-refractivity contribution in [3.05, 3.63) is 50.1 Å². The van der Waals surface area contributed by atoms with Crippen LogP contribution in [0.1, 0.15) is 21.6 Å². The number of aromatic carboxylic acids is 1. The number of nitrogens with zero attached hydrogens (tertiary/aromatic N) is 3. The summed E-state index contributed by atoms with van der Waals surface area (Å²) in [4.78, 5) is 35.8. The van der Waals surface area contributed by atoms with Crippen LogP contribution in [0.3, 0.4) is 0 Å². The standard InChI is InChI=1S/C11H12N4O4/c1-6-7(3-12-14(6)2)4-15-5-8(10(17)18)9(16)13-11(15)19/h3,5H,4H2,1-2H3,(H,17,18)(H,13,16,19). The van der Waals surface area contributed by atoms with Crippen LogP contribution in [-0.4, -0.2) is 30.4 Å². The monoisotopic (exact) mass is 264 g/mol. The molecule has 0 aliphatic carbocycles. The van der Waals surface area contributed by atoms with Gasteiger partial charge in [-0.15, -0.1) is 0 Å². The Kier molecular flexibility index (Phi) is 3.07. The summed E-state index contributed by atoms with van der Waals surface area (Å²) in [5, 5.41) is 12.9. The van der Waals surface area contributed by atoms with Gasteiger partial charge in [-0.3, -0.25) is 19.0 Å². The van der Waals surface area contributed by atoms with E-state index in [0.29, 0.717) is 0 Å². The van der Waals surface area contributed by atoms with E-state index in [9.17, 15) is 14.4 Å². The van der Waals surface area contributed by atoms with Gasteiger partial charge in [-0.2, -0.15) is 5.10 Å². The first-order valence-corrected chi connectivity index (χ1v) is 5.44. The lowest BCUT2D eigenvalue weighted by Crippen LogP contribution is -2.33. The third kappa shape index (κ3) is 2.32. The van der Waals surface area contributed by atoms with Crippen LogP contribution >= 0.6 is 0 Å². The molecule has 0 unspecified atom stereocenters. The molecule has 0 amide bonds. The van der Waals surface area contributed by atoms with Crippen LogP contribution < -0.4 is 11.2 Å². The molecule has 0 saturated heterocycles. The van der Waals surface area contributed by atoms with E-state index in [1.165, 1.54) is 0 Å². The van der Waals surface area contributed by atoms with Gasteiger partial charge in [0.2, 0.25) is 0 Å². The Bertz CT molecular complexity index is 753. The molecule has 0 atom stereocenters. The third-order valence-corrected chi connectivity index (χ3v) is 2.92. The molecule has 0 aromatic carbocycles. The van der Waals surface area contributed by atoms with E-state index in [-0.39, 0.29) is 6.54 Å². The number of carboxylic acid groups (broad SMARTS) is 1. The highest BCUT2D eigenvalue weighted by Gasteiger charge is 2.13. The lowest BCUT2D eigenvalue weighted by molar-refractivity contribution is 0.0693. The van der Waals surface area contributed by atoms with Gasteiger partial charge in [0.25, 0.3) is 5.56 Å². The van der Waals surface area contributed by atoms with Crippen molar-refractivity contribution in [2.45, 2.75) is 13.5 Å². The lowest BCUT2D eigenvalue weighted by atomic mass is 10.2. The van der Waals surface area contributed by atoms with Crippen LogP contribution in [0.5, 0.6) is 0 Å². The Morgan fingerprint density at radius 3 is 2.68 bits per heavy atom. The molecule has 0 aliphatic heterocycles. The predicted octanol–water partition coefficient (Wildman–Crippen LogP) is -0.675. The minimum absolute atomic E-state index is 0.148. The van der Waals surface area contributed by atoms with Gasteiger partial charge in [0.1, 0.15) is 5.56 Å². The molecular formula is C11H12N4O4. The maximum atomic E-state index is 11.6. The summed E-state index contributed by atoms with van der Waals surface area (Å²) in [6.45, 7) is 1.98. The minimum atomic E-state index is -1.38. The summed E-state index contributed by atoms with van der Waals surface area (Å²) in [6, 6.07) is 0. The molecule has 0 aliphatic rings. The highest BCUT2D eigenvalue weighted by molar-refractivity contribution is 5.86. The zero-order chi connectivity index (χ0) is 14.2. The van der Waals surface area contributed by atoms with Gasteiger partial charge in [-0.05, 0) is 6.92 Å². The SMILES string of the molecule is Cc1c(Cn2cc(C(=O)O)c(=O)[nH]c2=O)cnn1C. The number of aromatic amines is 1. The van der Waals surface area contributed by atoms with Crippen LogP contribution in [0.2, 0.25) is 0 Å². The molecule has 2 N–H and O–H groups in total. The maximum Gasteiger partial charge on any atom is 0.342 e. The number of carbonyl (C=O) groups is 1. The second kappa shape index (κ2) is 4.56. The van der Waals surface area contributed by atoms with E-state index in [2.05, 4.69) is 5.10 Å². The van der Waals surface area contributed by atoms with Crippen LogP contribution in [-0.2, 0) is 13.6 Å². The van der Waals surface area contributed by atoms with Crippen molar-refractivity contribution in [1.29, 1.82) is 0 Å². The number of hydrogen-bond donors (Lipinski definition) is 2. The largest absolute Gasteiger partial charge is 0.477 e. The highest BCUT2D eigenvalue weighted by atomic mass is 16.4. The van der Waals surface area contributed by atoms with Crippen molar-refractivity contribution in [2.24, 2.45) is 7.05 Å². The number of aryl methyl sites for hydroxylation is 1. The summed E-state index contributed by atoms with van der Waals surface area (Å²) < 4.78 is 2.78. The number of H-pyrrole nitrogens is 1. The fourth-order valence-electron chi connectivity index (χ4n) is 1.66. The van der Waals surface area contributed by atoms with Crippen LogP contribution in [0.25, 0.3) is 0 Å². The molecule has 2 rings (SSSR count). The van der Waals surface area contributed by atoms with Crippen LogP contribution in [0.4, 0.5) is 0 Å². The number of aromatic nitrogens is 4. The van der Waals surface area contributed by atoms with Crippen molar-refractivity contribution in [3.8, 4) is 0 Å². The average Bonchev–Trinajstić information content (AvgIpc) is 2.64. The first-order chi connectivity index (χ1) is 8.90. The summed E-state index contributed by atoms with van der Waals surface area (Å²) in [5.41, 5.74) is -0.404. The zero-order valence-corrected chi connectivity index (χ0v) is 10.4. The first kappa shape index (κ1) is 12.8. The van der Waals surface area contributed by atoms with Crippen molar-refractivity contribution in [3.63, 3.8) is 0 Å². The van der Waals surface area contributed by atoms with Crippen molar-refractivity contribution < 1.29 is 9.90 Å². The predicted molar refractivity (Wildman–Crippen MR) is 65.3 cm³/mol. The molecule has 100 valence electrons. The van der Waals surface area contributed by atoms with Gasteiger partial charge in [-0.1, -0.05) is 0 Å². The van der Waals surface area contributed by atoms with Crippen molar-refractivity contribution in [1.82, 2.24) is 19.3 Å². The highest BCUT2D eigenvalue weighted by Crippen LogP contribution is 2.06. The van der Waals surface area contributed by atoms with Crippen molar-refractivity contribution in [2.75, 3.05) is 0 Å². The molecule has 0 spiro atoms. The molecule has 2 aromatic heterocycles. The Morgan fingerprint density at radius 1 is 1.47 bits per heavy atom. The zero-order valence-electron chi connectivity index (χ0n) is 10.4. The van der Waals surface area contributed by atoms with Crippen LogP contribution in [0, 0.1) is 6.92 Å². The van der Waals surface area contributed by atoms with E-state index < -0.39 is 22.8 Å². The lowest BCUT2D eigenvalue weighted by Gasteiger charge is -2.05. The first-order valence-electron chi connectivity index (χ1n) is 5.44.